The Labute approximate surface area is 170 Å². The first-order valence-corrected chi connectivity index (χ1v) is 9.86. The molecular formula is C22H23Cl2NO2. The van der Waals surface area contributed by atoms with Crippen LogP contribution in [0, 0.1) is 0 Å². The van der Waals surface area contributed by atoms with Gasteiger partial charge in [-0.1, -0.05) is 53.5 Å². The molecule has 0 bridgehead atoms. The Morgan fingerprint density at radius 2 is 2.00 bits per heavy atom. The third kappa shape index (κ3) is 5.35. The van der Waals surface area contributed by atoms with Gasteiger partial charge >= 0.3 is 5.97 Å². The number of likely N-dealkylation sites (tertiary alicyclic amines) is 1. The van der Waals surface area contributed by atoms with E-state index in [0.717, 1.165) is 42.1 Å². The zero-order valence-electron chi connectivity index (χ0n) is 15.3. The maximum Gasteiger partial charge on any atom is 0.330 e. The van der Waals surface area contributed by atoms with Crippen LogP contribution in [0.3, 0.4) is 0 Å². The van der Waals surface area contributed by atoms with Gasteiger partial charge in [0.25, 0.3) is 0 Å². The Kier molecular flexibility index (Phi) is 6.95. The van der Waals surface area contributed by atoms with Crippen molar-refractivity contribution in [3.63, 3.8) is 0 Å². The van der Waals surface area contributed by atoms with E-state index in [1.807, 2.05) is 24.3 Å². The number of ether oxygens (including phenoxy) is 1. The Hall–Kier alpha value is -1.81. The largest absolute Gasteiger partial charge is 0.466 e. The van der Waals surface area contributed by atoms with Crippen molar-refractivity contribution in [3.8, 4) is 0 Å². The summed E-state index contributed by atoms with van der Waals surface area (Å²) >= 11 is 12.3. The van der Waals surface area contributed by atoms with Crippen LogP contribution in [0.2, 0.25) is 10.0 Å². The fourth-order valence-corrected chi connectivity index (χ4v) is 4.02. The van der Waals surface area contributed by atoms with E-state index in [0.29, 0.717) is 11.1 Å². The Bertz CT molecular complexity index is 818. The SMILES string of the molecule is COC(=O)/C=C/c1ccc(C2CCCN2CCc2ccc(Cl)cc2Cl)cc1. The monoisotopic (exact) mass is 403 g/mol. The number of carbonyl (C=O) groups excluding carboxylic acids is 1. The number of benzene rings is 2. The fourth-order valence-electron chi connectivity index (χ4n) is 3.52. The molecule has 1 atom stereocenters. The lowest BCUT2D eigenvalue weighted by Crippen LogP contribution is -2.25. The summed E-state index contributed by atoms with van der Waals surface area (Å²) in [6, 6.07) is 14.5. The van der Waals surface area contributed by atoms with Crippen molar-refractivity contribution in [2.24, 2.45) is 0 Å². The molecule has 0 saturated carbocycles. The van der Waals surface area contributed by atoms with Gasteiger partial charge in [-0.15, -0.1) is 0 Å². The highest BCUT2D eigenvalue weighted by Gasteiger charge is 2.25. The van der Waals surface area contributed by atoms with Gasteiger partial charge in [-0.25, -0.2) is 4.79 Å². The second kappa shape index (κ2) is 9.41. The van der Waals surface area contributed by atoms with Crippen molar-refractivity contribution >= 4 is 35.2 Å². The summed E-state index contributed by atoms with van der Waals surface area (Å²) in [6.07, 6.45) is 6.47. The number of halogens is 2. The summed E-state index contributed by atoms with van der Waals surface area (Å²) in [5.74, 6) is -0.345. The molecule has 1 aliphatic heterocycles. The number of rotatable bonds is 6. The first-order valence-electron chi connectivity index (χ1n) is 9.11. The summed E-state index contributed by atoms with van der Waals surface area (Å²) in [5.41, 5.74) is 3.43. The van der Waals surface area contributed by atoms with Crippen molar-refractivity contribution in [1.82, 2.24) is 4.90 Å². The topological polar surface area (TPSA) is 29.5 Å². The minimum Gasteiger partial charge on any atom is -0.466 e. The van der Waals surface area contributed by atoms with Gasteiger partial charge in [-0.3, -0.25) is 4.90 Å². The van der Waals surface area contributed by atoms with Crippen molar-refractivity contribution < 1.29 is 9.53 Å². The molecule has 0 N–H and O–H groups in total. The van der Waals surface area contributed by atoms with Crippen molar-refractivity contribution in [1.29, 1.82) is 0 Å². The van der Waals surface area contributed by atoms with Crippen molar-refractivity contribution in [2.75, 3.05) is 20.2 Å². The predicted octanol–water partition coefficient (Wildman–Crippen LogP) is 5.56. The highest BCUT2D eigenvalue weighted by Crippen LogP contribution is 2.32. The van der Waals surface area contributed by atoms with E-state index in [4.69, 9.17) is 23.2 Å². The molecule has 1 heterocycles. The molecule has 3 nitrogen and oxygen atoms in total. The smallest absolute Gasteiger partial charge is 0.330 e. The maximum atomic E-state index is 11.2. The molecule has 1 saturated heterocycles. The van der Waals surface area contributed by atoms with Gasteiger partial charge in [-0.05, 0) is 60.7 Å². The summed E-state index contributed by atoms with van der Waals surface area (Å²) in [5, 5.41) is 1.41. The third-order valence-corrected chi connectivity index (χ3v) is 5.57. The highest BCUT2D eigenvalue weighted by molar-refractivity contribution is 6.35. The van der Waals surface area contributed by atoms with Crippen LogP contribution >= 0.6 is 23.2 Å². The zero-order chi connectivity index (χ0) is 19.2. The average molecular weight is 404 g/mol. The molecule has 0 amide bonds. The molecule has 5 heteroatoms. The summed E-state index contributed by atoms with van der Waals surface area (Å²) in [7, 11) is 1.38. The summed E-state index contributed by atoms with van der Waals surface area (Å²) in [4.78, 5) is 13.7. The molecule has 2 aromatic carbocycles. The van der Waals surface area contributed by atoms with Gasteiger partial charge < -0.3 is 4.74 Å². The van der Waals surface area contributed by atoms with E-state index >= 15 is 0 Å². The van der Waals surface area contributed by atoms with Crippen molar-refractivity contribution in [2.45, 2.75) is 25.3 Å². The quantitative estimate of drug-likeness (QED) is 0.466. The third-order valence-electron chi connectivity index (χ3n) is 4.98. The second-order valence-electron chi connectivity index (χ2n) is 6.70. The molecule has 142 valence electrons. The average Bonchev–Trinajstić information content (AvgIpc) is 3.14. The predicted molar refractivity (Wildman–Crippen MR) is 111 cm³/mol. The van der Waals surface area contributed by atoms with Gasteiger partial charge in [0.2, 0.25) is 0 Å². The molecule has 3 rings (SSSR count). The number of nitrogens with zero attached hydrogens (tertiary/aromatic N) is 1. The lowest BCUT2D eigenvalue weighted by molar-refractivity contribution is -0.134. The summed E-state index contributed by atoms with van der Waals surface area (Å²) in [6.45, 7) is 2.07. The van der Waals surface area contributed by atoms with E-state index in [1.54, 1.807) is 12.1 Å². The molecule has 0 aliphatic carbocycles. The molecule has 0 spiro atoms. The molecule has 0 radical (unpaired) electrons. The maximum absolute atomic E-state index is 11.2. The lowest BCUT2D eigenvalue weighted by atomic mass is 10.0. The van der Waals surface area contributed by atoms with Crippen LogP contribution in [0.25, 0.3) is 6.08 Å². The van der Waals surface area contributed by atoms with E-state index in [2.05, 4.69) is 21.8 Å². The van der Waals surface area contributed by atoms with Crippen LogP contribution < -0.4 is 0 Å². The molecular weight excluding hydrogens is 381 g/mol. The van der Waals surface area contributed by atoms with Crippen LogP contribution in [0.15, 0.2) is 48.5 Å². The number of esters is 1. The number of methoxy groups -OCH3 is 1. The number of hydrogen-bond donors (Lipinski definition) is 0. The van der Waals surface area contributed by atoms with Crippen LogP contribution in [0.5, 0.6) is 0 Å². The van der Waals surface area contributed by atoms with E-state index in [-0.39, 0.29) is 5.97 Å². The fraction of sp³-hybridized carbons (Fsp3) is 0.318. The van der Waals surface area contributed by atoms with Gasteiger partial charge in [0.1, 0.15) is 0 Å². The number of hydrogen-bond acceptors (Lipinski definition) is 3. The molecule has 1 aliphatic rings. The normalized spacial score (nSPS) is 17.5. The standard InChI is InChI=1S/C22H23Cl2NO2/c1-27-22(26)11-6-16-4-7-18(8-5-16)21-3-2-13-25(21)14-12-17-9-10-19(23)15-20(17)24/h4-11,15,21H,2-3,12-14H2,1H3/b11-6+. The minimum absolute atomic E-state index is 0.345. The first kappa shape index (κ1) is 19.9. The Morgan fingerprint density at radius 1 is 1.22 bits per heavy atom. The van der Waals surface area contributed by atoms with Gasteiger partial charge in [-0.2, -0.15) is 0 Å². The summed E-state index contributed by atoms with van der Waals surface area (Å²) < 4.78 is 4.62. The van der Waals surface area contributed by atoms with Crippen LogP contribution in [-0.4, -0.2) is 31.1 Å². The van der Waals surface area contributed by atoms with Crippen LogP contribution in [0.4, 0.5) is 0 Å². The van der Waals surface area contributed by atoms with E-state index in [1.165, 1.54) is 25.2 Å². The molecule has 1 unspecified atom stereocenters. The van der Waals surface area contributed by atoms with Crippen LogP contribution in [-0.2, 0) is 16.0 Å². The lowest BCUT2D eigenvalue weighted by Gasteiger charge is -2.25. The molecule has 0 aromatic heterocycles. The van der Waals surface area contributed by atoms with Gasteiger partial charge in [0, 0.05) is 28.7 Å². The second-order valence-corrected chi connectivity index (χ2v) is 7.55. The highest BCUT2D eigenvalue weighted by atomic mass is 35.5. The number of carbonyl (C=O) groups is 1. The Morgan fingerprint density at radius 3 is 2.70 bits per heavy atom. The zero-order valence-corrected chi connectivity index (χ0v) is 16.8. The van der Waals surface area contributed by atoms with Gasteiger partial charge in [0.15, 0.2) is 0 Å². The first-order chi connectivity index (χ1) is 13.1. The van der Waals surface area contributed by atoms with E-state index in [9.17, 15) is 4.79 Å². The molecule has 27 heavy (non-hydrogen) atoms. The van der Waals surface area contributed by atoms with Crippen molar-refractivity contribution in [3.05, 3.63) is 75.3 Å². The van der Waals surface area contributed by atoms with E-state index < -0.39 is 0 Å². The van der Waals surface area contributed by atoms with Crippen LogP contribution in [0.1, 0.15) is 35.6 Å². The molecule has 1 fully saturated rings. The van der Waals surface area contributed by atoms with Gasteiger partial charge in [0.05, 0.1) is 7.11 Å². The molecule has 2 aromatic rings. The Balaban J connectivity index is 1.63. The minimum atomic E-state index is -0.345.